The Morgan fingerprint density at radius 1 is 1.62 bits per heavy atom. The molecule has 48 valence electrons. The molecule has 0 aromatic carbocycles. The zero-order chi connectivity index (χ0) is 6.83. The highest BCUT2D eigenvalue weighted by Gasteiger charge is 1.59. The number of isocyanates is 1. The van der Waals surface area contributed by atoms with Gasteiger partial charge in [-0.1, -0.05) is 18.9 Å². The third-order valence-corrected chi connectivity index (χ3v) is 0.283. The molecule has 0 atom stereocenters. The van der Waals surface area contributed by atoms with E-state index in [2.05, 4.69) is 10.5 Å². The number of carbonyl (C=O) groups excluding carboxylic acids is 1. The number of hydrogen-bond acceptors (Lipinski definition) is 3. The summed E-state index contributed by atoms with van der Waals surface area (Å²) in [6.07, 6.45) is 1.33. The molecule has 3 heteroatoms. The van der Waals surface area contributed by atoms with E-state index in [1.165, 1.54) is 6.08 Å². The Balaban J connectivity index is 0. The fourth-order valence-corrected chi connectivity index (χ4v) is 0.111. The van der Waals surface area contributed by atoms with Gasteiger partial charge in [0.1, 0.15) is 0 Å². The Morgan fingerprint density at radius 3 is 2.25 bits per heavy atom. The summed E-state index contributed by atoms with van der Waals surface area (Å²) >= 11 is 0. The van der Waals surface area contributed by atoms with Crippen molar-refractivity contribution in [2.75, 3.05) is 6.54 Å². The minimum Gasteiger partial charge on any atom is -0.299 e. The van der Waals surface area contributed by atoms with E-state index in [4.69, 9.17) is 0 Å². The fourth-order valence-electron chi connectivity index (χ4n) is 0.111. The molecule has 0 spiro atoms. The highest BCUT2D eigenvalue weighted by Crippen LogP contribution is 1.47. The summed E-state index contributed by atoms with van der Waals surface area (Å²) in [5, 5.41) is 3.03. The van der Waals surface area contributed by atoms with E-state index in [1.54, 1.807) is 0 Å². The van der Waals surface area contributed by atoms with Gasteiger partial charge in [0, 0.05) is 6.54 Å². The van der Waals surface area contributed by atoms with Crippen LogP contribution in [-0.4, -0.2) is 12.6 Å². The van der Waals surface area contributed by atoms with Gasteiger partial charge in [0.05, 0.1) is 0 Å². The molecule has 0 unspecified atom stereocenters. The number of hydrazone groups is 1. The van der Waals surface area contributed by atoms with E-state index < -0.39 is 0 Å². The van der Waals surface area contributed by atoms with E-state index in [0.29, 0.717) is 6.54 Å². The van der Waals surface area contributed by atoms with Gasteiger partial charge in [0.15, 0.2) is 0 Å². The van der Waals surface area contributed by atoms with Gasteiger partial charge in [0.25, 0.3) is 6.08 Å². The molecule has 0 aliphatic heterocycles. The van der Waals surface area contributed by atoms with Crippen molar-refractivity contribution >= 4 is 6.08 Å². The van der Waals surface area contributed by atoms with Crippen molar-refractivity contribution < 1.29 is 4.79 Å². The van der Waals surface area contributed by atoms with Gasteiger partial charge in [-0.05, 0) is 6.92 Å². The van der Waals surface area contributed by atoms with E-state index in [-0.39, 0.29) is 0 Å². The summed E-state index contributed by atoms with van der Waals surface area (Å²) in [6, 6.07) is 0. The van der Waals surface area contributed by atoms with E-state index in [9.17, 15) is 4.79 Å². The van der Waals surface area contributed by atoms with Crippen LogP contribution in [-0.2, 0) is 4.79 Å². The smallest absolute Gasteiger partial charge is 0.258 e. The highest BCUT2D eigenvalue weighted by atomic mass is 16.1. The van der Waals surface area contributed by atoms with Crippen molar-refractivity contribution in [3.63, 3.8) is 0 Å². The third kappa shape index (κ3) is 19.0. The molecule has 0 saturated carbocycles. The van der Waals surface area contributed by atoms with Crippen LogP contribution in [0.25, 0.3) is 0 Å². The molecule has 0 radical (unpaired) electrons. The molecule has 0 rings (SSSR count). The molecular formula is C5H12N2O. The zero-order valence-corrected chi connectivity index (χ0v) is 5.56. The molecule has 0 aliphatic rings. The average molecular weight is 116 g/mol. The third-order valence-electron chi connectivity index (χ3n) is 0.283. The lowest BCUT2D eigenvalue weighted by molar-refractivity contribution is 0.558. The van der Waals surface area contributed by atoms with Crippen LogP contribution in [0.15, 0.2) is 5.10 Å². The SMILES string of the molecule is CC.CCNN=C=O. The van der Waals surface area contributed by atoms with Crippen molar-refractivity contribution in [1.82, 2.24) is 5.43 Å². The van der Waals surface area contributed by atoms with Crippen molar-refractivity contribution in [3.05, 3.63) is 0 Å². The quantitative estimate of drug-likeness (QED) is 0.330. The van der Waals surface area contributed by atoms with Gasteiger partial charge in [-0.15, -0.1) is 0 Å². The van der Waals surface area contributed by atoms with Crippen molar-refractivity contribution in [2.24, 2.45) is 5.10 Å². The molecular weight excluding hydrogens is 104 g/mol. The average Bonchev–Trinajstić information content (AvgIpc) is 1.88. The van der Waals surface area contributed by atoms with Crippen LogP contribution in [0.3, 0.4) is 0 Å². The number of rotatable bonds is 2. The maximum Gasteiger partial charge on any atom is 0.258 e. The number of hydrogen-bond donors (Lipinski definition) is 1. The summed E-state index contributed by atoms with van der Waals surface area (Å²) < 4.78 is 0. The van der Waals surface area contributed by atoms with Gasteiger partial charge in [-0.3, -0.25) is 5.43 Å². The lowest BCUT2D eigenvalue weighted by Crippen LogP contribution is -2.00. The van der Waals surface area contributed by atoms with Crippen LogP contribution in [0.2, 0.25) is 0 Å². The summed E-state index contributed by atoms with van der Waals surface area (Å²) in [4.78, 5) is 9.21. The molecule has 0 aromatic rings. The minimum atomic E-state index is 0.676. The van der Waals surface area contributed by atoms with Crippen LogP contribution in [0.5, 0.6) is 0 Å². The van der Waals surface area contributed by atoms with E-state index in [1.807, 2.05) is 20.8 Å². The standard InChI is InChI=1S/C3H6N2O.C2H6/c1-2-4-5-3-6;1-2/h4H,2H2,1H3;1-2H3. The summed E-state index contributed by atoms with van der Waals surface area (Å²) in [7, 11) is 0. The Bertz CT molecular complexity index is 66.8. The topological polar surface area (TPSA) is 41.5 Å². The Morgan fingerprint density at radius 2 is 2.12 bits per heavy atom. The monoisotopic (exact) mass is 116 g/mol. The van der Waals surface area contributed by atoms with Crippen LogP contribution in [0.1, 0.15) is 20.8 Å². The van der Waals surface area contributed by atoms with Crippen LogP contribution in [0.4, 0.5) is 0 Å². The molecule has 0 aromatic heterocycles. The molecule has 0 bridgehead atoms. The largest absolute Gasteiger partial charge is 0.299 e. The molecule has 1 N–H and O–H groups in total. The molecule has 0 amide bonds. The van der Waals surface area contributed by atoms with Gasteiger partial charge < -0.3 is 0 Å². The summed E-state index contributed by atoms with van der Waals surface area (Å²) in [6.45, 7) is 6.52. The van der Waals surface area contributed by atoms with Crippen molar-refractivity contribution in [3.8, 4) is 0 Å². The molecule has 0 fully saturated rings. The predicted octanol–water partition coefficient (Wildman–Crippen LogP) is 0.873. The van der Waals surface area contributed by atoms with Gasteiger partial charge in [-0.25, -0.2) is 4.79 Å². The van der Waals surface area contributed by atoms with Gasteiger partial charge in [0.2, 0.25) is 0 Å². The Labute approximate surface area is 49.8 Å². The van der Waals surface area contributed by atoms with E-state index in [0.717, 1.165) is 0 Å². The van der Waals surface area contributed by atoms with E-state index >= 15 is 0 Å². The van der Waals surface area contributed by atoms with Crippen molar-refractivity contribution in [1.29, 1.82) is 0 Å². The molecule has 3 nitrogen and oxygen atoms in total. The minimum absolute atomic E-state index is 0.676. The predicted molar refractivity (Wildman–Crippen MR) is 33.1 cm³/mol. The second-order valence-corrected chi connectivity index (χ2v) is 0.715. The second-order valence-electron chi connectivity index (χ2n) is 0.715. The molecule has 8 heavy (non-hydrogen) atoms. The fraction of sp³-hybridized carbons (Fsp3) is 0.800. The first-order chi connectivity index (χ1) is 3.91. The zero-order valence-electron chi connectivity index (χ0n) is 5.56. The maximum atomic E-state index is 9.21. The summed E-state index contributed by atoms with van der Waals surface area (Å²) in [5.41, 5.74) is 2.40. The molecule has 0 saturated heterocycles. The Kier molecular flexibility index (Phi) is 20.9. The normalized spacial score (nSPS) is 5.38. The Hall–Kier alpha value is -0.820. The highest BCUT2D eigenvalue weighted by molar-refractivity contribution is 5.31. The van der Waals surface area contributed by atoms with Crippen LogP contribution in [0, 0.1) is 0 Å². The number of nitrogens with zero attached hydrogens (tertiary/aromatic N) is 1. The van der Waals surface area contributed by atoms with Crippen molar-refractivity contribution in [2.45, 2.75) is 20.8 Å². The first-order valence-corrected chi connectivity index (χ1v) is 2.71. The molecule has 0 heterocycles. The summed E-state index contributed by atoms with van der Waals surface area (Å²) in [5.74, 6) is 0. The van der Waals surface area contributed by atoms with Crippen LogP contribution < -0.4 is 5.43 Å². The lowest BCUT2D eigenvalue weighted by Gasteiger charge is -1.80. The second kappa shape index (κ2) is 16.4. The number of nitrogens with one attached hydrogen (secondary N) is 1. The maximum absolute atomic E-state index is 9.21. The lowest BCUT2D eigenvalue weighted by atomic mass is 10.8. The van der Waals surface area contributed by atoms with Gasteiger partial charge >= 0.3 is 0 Å². The first-order valence-electron chi connectivity index (χ1n) is 2.71. The first kappa shape index (κ1) is 10.2. The molecule has 0 aliphatic carbocycles. The van der Waals surface area contributed by atoms with Gasteiger partial charge in [-0.2, -0.15) is 0 Å². The van der Waals surface area contributed by atoms with Crippen LogP contribution >= 0.6 is 0 Å².